The Bertz CT molecular complexity index is 1220. The number of amides is 1. The van der Waals surface area contributed by atoms with E-state index in [1.54, 1.807) is 18.3 Å². The Kier molecular flexibility index (Phi) is 7.55. The molecule has 4 rings (SSSR count). The van der Waals surface area contributed by atoms with Crippen LogP contribution in [0.4, 0.5) is 0 Å². The van der Waals surface area contributed by atoms with Gasteiger partial charge in [-0.1, -0.05) is 19.0 Å². The molecule has 0 atom stereocenters. The smallest absolute Gasteiger partial charge is 0.251 e. The Morgan fingerprint density at radius 3 is 2.58 bits per heavy atom. The third-order valence-electron chi connectivity index (χ3n) is 5.30. The van der Waals surface area contributed by atoms with E-state index in [2.05, 4.69) is 46.0 Å². The van der Waals surface area contributed by atoms with Crippen molar-refractivity contribution in [3.05, 3.63) is 71.6 Å². The van der Waals surface area contributed by atoms with Gasteiger partial charge in [0.05, 0.1) is 29.7 Å². The lowest BCUT2D eigenvalue weighted by Crippen LogP contribution is -2.40. The summed E-state index contributed by atoms with van der Waals surface area (Å²) >= 11 is 0. The number of aromatic nitrogens is 4. The van der Waals surface area contributed by atoms with Gasteiger partial charge in [0.2, 0.25) is 0 Å². The van der Waals surface area contributed by atoms with Crippen LogP contribution in [0.25, 0.3) is 16.9 Å². The summed E-state index contributed by atoms with van der Waals surface area (Å²) in [5.74, 6) is 1.14. The van der Waals surface area contributed by atoms with Gasteiger partial charge in [-0.05, 0) is 37.5 Å². The van der Waals surface area contributed by atoms with Crippen LogP contribution in [0.15, 0.2) is 53.6 Å². The quantitative estimate of drug-likeness (QED) is 0.354. The Balaban J connectivity index is 0.000000968. The molecule has 4 aromatic heterocycles. The van der Waals surface area contributed by atoms with Crippen LogP contribution in [0, 0.1) is 13.8 Å². The van der Waals surface area contributed by atoms with Crippen molar-refractivity contribution in [2.24, 2.45) is 0 Å². The first kappa shape index (κ1) is 23.6. The highest BCUT2D eigenvalue weighted by atomic mass is 16.5. The van der Waals surface area contributed by atoms with Gasteiger partial charge in [0.1, 0.15) is 11.4 Å². The van der Waals surface area contributed by atoms with Crippen molar-refractivity contribution in [1.82, 2.24) is 19.9 Å². The molecule has 4 aromatic rings. The van der Waals surface area contributed by atoms with Crippen molar-refractivity contribution in [3.63, 3.8) is 0 Å². The Hall–Kier alpha value is -4.01. The summed E-state index contributed by atoms with van der Waals surface area (Å²) in [5, 5.41) is 15.2. The minimum absolute atomic E-state index is 0.112. The molecule has 0 saturated heterocycles. The van der Waals surface area contributed by atoms with E-state index in [-0.39, 0.29) is 5.91 Å². The summed E-state index contributed by atoms with van der Waals surface area (Å²) in [4.78, 5) is 25.3. The van der Waals surface area contributed by atoms with Crippen molar-refractivity contribution in [2.75, 3.05) is 6.54 Å². The zero-order chi connectivity index (χ0) is 24.0. The van der Waals surface area contributed by atoms with E-state index in [9.17, 15) is 4.79 Å². The fourth-order valence-electron chi connectivity index (χ4n) is 3.56. The molecule has 0 bridgehead atoms. The predicted octanol–water partition coefficient (Wildman–Crippen LogP) is 1.81. The summed E-state index contributed by atoms with van der Waals surface area (Å²) < 4.78 is 9.28. The maximum atomic E-state index is 12.6. The second kappa shape index (κ2) is 10.5. The van der Waals surface area contributed by atoms with Crippen LogP contribution in [-0.2, 0) is 11.3 Å². The van der Waals surface area contributed by atoms with E-state index in [1.165, 1.54) is 5.56 Å². The molecule has 0 radical (unpaired) electrons. The number of imidazole rings is 1. The molecule has 0 aliphatic rings. The molecular formula is C24H27N5O4. The number of hydrogen-bond donors (Lipinski definition) is 1. The zero-order valence-electron chi connectivity index (χ0n) is 19.1. The van der Waals surface area contributed by atoms with Crippen molar-refractivity contribution in [3.8, 4) is 11.3 Å². The minimum atomic E-state index is -0.500. The molecular weight excluding hydrogens is 422 g/mol. The van der Waals surface area contributed by atoms with Crippen molar-refractivity contribution in [2.45, 2.75) is 40.2 Å². The zero-order valence-corrected chi connectivity index (χ0v) is 19.1. The summed E-state index contributed by atoms with van der Waals surface area (Å²) in [7, 11) is 0. The van der Waals surface area contributed by atoms with Crippen molar-refractivity contribution in [1.29, 1.82) is 0 Å². The van der Waals surface area contributed by atoms with E-state index in [1.807, 2.05) is 36.8 Å². The van der Waals surface area contributed by atoms with E-state index in [0.717, 1.165) is 22.7 Å². The number of rotatable bonds is 6. The topological polar surface area (TPSA) is 116 Å². The van der Waals surface area contributed by atoms with Gasteiger partial charge in [0, 0.05) is 30.4 Å². The monoisotopic (exact) mass is 449 g/mol. The number of carboxylic acid groups (broad SMARTS) is 1. The van der Waals surface area contributed by atoms with Crippen molar-refractivity contribution < 1.29 is 23.8 Å². The second-order valence-corrected chi connectivity index (χ2v) is 7.86. The Morgan fingerprint density at radius 1 is 1.27 bits per heavy atom. The lowest BCUT2D eigenvalue weighted by Gasteiger charge is -2.06. The first-order chi connectivity index (χ1) is 15.8. The predicted molar refractivity (Wildman–Crippen MR) is 119 cm³/mol. The highest BCUT2D eigenvalue weighted by Gasteiger charge is 2.17. The van der Waals surface area contributed by atoms with Crippen molar-refractivity contribution >= 4 is 18.0 Å². The fraction of sp³-hybridized carbons (Fsp3) is 0.292. The number of nitrogens with one attached hydrogen (secondary N) is 1. The van der Waals surface area contributed by atoms with Crippen LogP contribution in [0.1, 0.15) is 47.1 Å². The van der Waals surface area contributed by atoms with Gasteiger partial charge in [-0.2, -0.15) is 0 Å². The van der Waals surface area contributed by atoms with E-state index >= 15 is 0 Å². The maximum absolute atomic E-state index is 12.6. The standard InChI is InChI=1S/C23H25N5O2.CH2O2/c1-15(2)18-5-9-27(10-6-18)12-8-24-23(29)19-7-11-28-20(14-25-21(28)13-19)22-16(3)26-30-17(22)4;2-1-3/h5-7,9-11,13-15H,8,12H2,1-4H3;1H,(H,2,3). The number of carbonyl (C=O) groups is 2. The van der Waals surface area contributed by atoms with Gasteiger partial charge >= 0.3 is 0 Å². The van der Waals surface area contributed by atoms with Gasteiger partial charge in [-0.15, -0.1) is 0 Å². The van der Waals surface area contributed by atoms with Crippen LogP contribution in [-0.4, -0.2) is 33.5 Å². The molecule has 0 saturated carbocycles. The molecule has 9 heteroatoms. The molecule has 9 nitrogen and oxygen atoms in total. The molecule has 33 heavy (non-hydrogen) atoms. The van der Waals surface area contributed by atoms with Crippen LogP contribution in [0.3, 0.4) is 0 Å². The molecule has 0 aliphatic heterocycles. The minimum Gasteiger partial charge on any atom is -0.554 e. The third kappa shape index (κ3) is 5.43. The first-order valence-electron chi connectivity index (χ1n) is 10.6. The molecule has 0 unspecified atom stereocenters. The van der Waals surface area contributed by atoms with Gasteiger partial charge in [-0.25, -0.2) is 9.55 Å². The molecule has 172 valence electrons. The number of nitrogens with zero attached hydrogens (tertiary/aromatic N) is 4. The van der Waals surface area contributed by atoms with Crippen LogP contribution >= 0.6 is 0 Å². The molecule has 0 aliphatic carbocycles. The normalized spacial score (nSPS) is 10.7. The Morgan fingerprint density at radius 2 is 1.97 bits per heavy atom. The van der Waals surface area contributed by atoms with Crippen LogP contribution < -0.4 is 15.0 Å². The summed E-state index contributed by atoms with van der Waals surface area (Å²) in [6.45, 7) is 8.90. The highest BCUT2D eigenvalue weighted by molar-refractivity contribution is 5.95. The molecule has 0 aromatic carbocycles. The lowest BCUT2D eigenvalue weighted by atomic mass is 10.1. The SMILES string of the molecule is Cc1noc(C)c1-c1cnc2cc(C(=O)NCC[n+]3ccc(C(C)C)cc3)ccn12.O=C[O-]. The average molecular weight is 450 g/mol. The fourth-order valence-corrected chi connectivity index (χ4v) is 3.56. The van der Waals surface area contributed by atoms with Gasteiger partial charge in [-0.3, -0.25) is 9.20 Å². The summed E-state index contributed by atoms with van der Waals surface area (Å²) in [6.07, 6.45) is 7.74. The van der Waals surface area contributed by atoms with E-state index < -0.39 is 6.47 Å². The second-order valence-electron chi connectivity index (χ2n) is 7.86. The lowest BCUT2D eigenvalue weighted by molar-refractivity contribution is -0.694. The number of hydrogen-bond acceptors (Lipinski definition) is 6. The number of fused-ring (bicyclic) bond motifs is 1. The third-order valence-corrected chi connectivity index (χ3v) is 5.30. The highest BCUT2D eigenvalue weighted by Crippen LogP contribution is 2.27. The molecule has 0 spiro atoms. The first-order valence-corrected chi connectivity index (χ1v) is 10.6. The molecule has 1 amide bonds. The molecule has 4 heterocycles. The number of pyridine rings is 2. The number of carbonyl (C=O) groups excluding carboxylic acids is 2. The van der Waals surface area contributed by atoms with Gasteiger partial charge < -0.3 is 19.7 Å². The Labute approximate surface area is 191 Å². The van der Waals surface area contributed by atoms with E-state index in [4.69, 9.17) is 14.4 Å². The molecule has 1 N–H and O–H groups in total. The largest absolute Gasteiger partial charge is 0.554 e. The summed E-state index contributed by atoms with van der Waals surface area (Å²) in [6, 6.07) is 7.84. The van der Waals surface area contributed by atoms with Gasteiger partial charge in [0.25, 0.3) is 5.91 Å². The van der Waals surface area contributed by atoms with E-state index in [0.29, 0.717) is 30.2 Å². The van der Waals surface area contributed by atoms with Gasteiger partial charge in [0.15, 0.2) is 18.9 Å². The summed E-state index contributed by atoms with van der Waals surface area (Å²) in [5.41, 5.74) is 5.24. The van der Waals surface area contributed by atoms with Crippen LogP contribution in [0.2, 0.25) is 0 Å². The van der Waals surface area contributed by atoms with Crippen LogP contribution in [0.5, 0.6) is 0 Å². The molecule has 0 fully saturated rings. The maximum Gasteiger partial charge on any atom is 0.251 e. The average Bonchev–Trinajstić information content (AvgIpc) is 3.36. The number of aryl methyl sites for hydroxylation is 2.